The normalized spacial score (nSPS) is 32.1. The summed E-state index contributed by atoms with van der Waals surface area (Å²) < 4.78 is 34.0. The summed E-state index contributed by atoms with van der Waals surface area (Å²) in [4.78, 5) is 13.2. The zero-order chi connectivity index (χ0) is 53.4. The van der Waals surface area contributed by atoms with E-state index in [1.54, 1.807) is 6.08 Å². The van der Waals surface area contributed by atoms with Crippen molar-refractivity contribution in [3.8, 4) is 0 Å². The topological polar surface area (TPSA) is 307 Å². The third kappa shape index (κ3) is 23.5. The zero-order valence-electron chi connectivity index (χ0n) is 43.6. The van der Waals surface area contributed by atoms with E-state index in [9.17, 15) is 61.0 Å². The fourth-order valence-electron chi connectivity index (χ4n) is 9.02. The van der Waals surface area contributed by atoms with E-state index in [2.05, 4.69) is 55.6 Å². The number of amides is 1. The first-order valence-corrected chi connectivity index (χ1v) is 27.4. The number of allylic oxidation sites excluding steroid dienone is 7. The van der Waals surface area contributed by atoms with E-state index in [-0.39, 0.29) is 18.9 Å². The van der Waals surface area contributed by atoms with Crippen molar-refractivity contribution in [1.29, 1.82) is 0 Å². The first-order chi connectivity index (χ1) is 35.3. The van der Waals surface area contributed by atoms with Gasteiger partial charge in [-0.3, -0.25) is 4.79 Å². The Morgan fingerprint density at radius 1 is 0.493 bits per heavy atom. The van der Waals surface area contributed by atoms with E-state index in [1.807, 2.05) is 6.08 Å². The number of hydrogen-bond donors (Lipinski definition) is 12. The molecular formula is C54H95NO18. The number of ether oxygens (including phenoxy) is 6. The average molecular weight is 1050 g/mol. The lowest BCUT2D eigenvalue weighted by molar-refractivity contribution is -0.379. The Bertz CT molecular complexity index is 1530. The summed E-state index contributed by atoms with van der Waals surface area (Å²) in [6.45, 7) is 1.54. The van der Waals surface area contributed by atoms with Crippen LogP contribution in [-0.2, 0) is 33.2 Å². The molecule has 0 radical (unpaired) electrons. The van der Waals surface area contributed by atoms with Crippen molar-refractivity contribution in [2.45, 2.75) is 259 Å². The molecule has 3 aliphatic rings. The molecule has 3 rings (SSSR count). The third-order valence-corrected chi connectivity index (χ3v) is 13.6. The number of carbonyl (C=O) groups is 1. The second kappa shape index (κ2) is 38.3. The molecule has 0 aromatic rings. The van der Waals surface area contributed by atoms with Gasteiger partial charge in [0.15, 0.2) is 18.9 Å². The van der Waals surface area contributed by atoms with Gasteiger partial charge in [-0.05, 0) is 57.8 Å². The van der Waals surface area contributed by atoms with E-state index in [4.69, 9.17) is 28.4 Å². The van der Waals surface area contributed by atoms with Crippen LogP contribution >= 0.6 is 0 Å². The molecule has 73 heavy (non-hydrogen) atoms. The Kier molecular flexibility index (Phi) is 34.1. The Hall–Kier alpha value is -2.25. The molecule has 3 fully saturated rings. The van der Waals surface area contributed by atoms with Gasteiger partial charge in [0.2, 0.25) is 5.91 Å². The van der Waals surface area contributed by atoms with Gasteiger partial charge in [-0.15, -0.1) is 0 Å². The van der Waals surface area contributed by atoms with Crippen LogP contribution in [0.25, 0.3) is 0 Å². The molecule has 0 saturated carbocycles. The van der Waals surface area contributed by atoms with E-state index >= 15 is 0 Å². The molecule has 3 saturated heterocycles. The molecule has 0 aliphatic carbocycles. The summed E-state index contributed by atoms with van der Waals surface area (Å²) in [5.41, 5.74) is 0. The van der Waals surface area contributed by atoms with Crippen LogP contribution in [0, 0.1) is 0 Å². The summed E-state index contributed by atoms with van der Waals surface area (Å²) in [6.07, 6.45) is 13.2. The number of aliphatic hydroxyl groups excluding tert-OH is 11. The minimum atomic E-state index is -1.98. The standard InChI is InChI=1S/C54H95NO18/c1-3-5-7-9-10-11-12-13-14-15-16-17-18-19-20-21-22-23-24-25-26-28-30-32-42(60)55-37(38(59)31-29-27-8-6-4-2)36-68-52-48(66)45(63)50(40(34-57)70-52)73-54-49(67)46(64)51(41(35-58)71-54)72-53-47(65)44(62)43(61)39(33-56)69-53/h12-13,15-16,18-19,29,31,37-41,43-54,56-59,61-67H,3-11,14,17,20-28,30,32-36H2,1-2H3,(H,55,60)/b13-12-,16-15-,19-18-,31-29+. The van der Waals surface area contributed by atoms with E-state index in [0.717, 1.165) is 70.6 Å². The molecular weight excluding hydrogens is 951 g/mol. The number of hydrogen-bond acceptors (Lipinski definition) is 18. The Morgan fingerprint density at radius 2 is 0.904 bits per heavy atom. The van der Waals surface area contributed by atoms with E-state index in [0.29, 0.717) is 6.42 Å². The number of carbonyl (C=O) groups excluding carboxylic acids is 1. The second-order valence-electron chi connectivity index (χ2n) is 19.7. The molecule has 17 unspecified atom stereocenters. The molecule has 0 spiro atoms. The predicted octanol–water partition coefficient (Wildman–Crippen LogP) is 3.14. The Balaban J connectivity index is 1.42. The lowest BCUT2D eigenvalue weighted by Crippen LogP contribution is -2.66. The van der Waals surface area contributed by atoms with Crippen molar-refractivity contribution in [3.63, 3.8) is 0 Å². The van der Waals surface area contributed by atoms with Crippen LogP contribution in [0.2, 0.25) is 0 Å². The summed E-state index contributed by atoms with van der Waals surface area (Å²) in [5, 5.41) is 119. The lowest BCUT2D eigenvalue weighted by atomic mass is 9.96. The van der Waals surface area contributed by atoms with Crippen molar-refractivity contribution in [1.82, 2.24) is 5.32 Å². The highest BCUT2D eigenvalue weighted by Crippen LogP contribution is 2.33. The summed E-state index contributed by atoms with van der Waals surface area (Å²) >= 11 is 0. The van der Waals surface area contributed by atoms with Crippen LogP contribution in [0.3, 0.4) is 0 Å². The van der Waals surface area contributed by atoms with Gasteiger partial charge in [0.05, 0.1) is 38.6 Å². The minimum Gasteiger partial charge on any atom is -0.394 e. The highest BCUT2D eigenvalue weighted by atomic mass is 16.8. The van der Waals surface area contributed by atoms with Crippen molar-refractivity contribution >= 4 is 5.91 Å². The zero-order valence-corrected chi connectivity index (χ0v) is 43.6. The van der Waals surface area contributed by atoms with Crippen LogP contribution < -0.4 is 5.32 Å². The average Bonchev–Trinajstić information content (AvgIpc) is 3.38. The fraction of sp³-hybridized carbons (Fsp3) is 0.833. The highest BCUT2D eigenvalue weighted by molar-refractivity contribution is 5.76. The van der Waals surface area contributed by atoms with Crippen LogP contribution in [-0.4, -0.2) is 193 Å². The van der Waals surface area contributed by atoms with E-state index in [1.165, 1.54) is 57.8 Å². The molecule has 0 aromatic carbocycles. The molecule has 3 heterocycles. The maximum atomic E-state index is 13.2. The van der Waals surface area contributed by atoms with Crippen molar-refractivity contribution in [3.05, 3.63) is 48.6 Å². The predicted molar refractivity (Wildman–Crippen MR) is 272 cm³/mol. The Labute approximate surface area is 433 Å². The molecule has 12 N–H and O–H groups in total. The molecule has 424 valence electrons. The molecule has 19 nitrogen and oxygen atoms in total. The number of aliphatic hydroxyl groups is 11. The quantitative estimate of drug-likeness (QED) is 0.0312. The van der Waals surface area contributed by atoms with Gasteiger partial charge in [-0.25, -0.2) is 0 Å². The van der Waals surface area contributed by atoms with Gasteiger partial charge in [-0.2, -0.15) is 0 Å². The van der Waals surface area contributed by atoms with Crippen LogP contribution in [0.1, 0.15) is 155 Å². The van der Waals surface area contributed by atoms with Gasteiger partial charge >= 0.3 is 0 Å². The van der Waals surface area contributed by atoms with Crippen LogP contribution in [0.15, 0.2) is 48.6 Å². The maximum absolute atomic E-state index is 13.2. The maximum Gasteiger partial charge on any atom is 0.220 e. The molecule has 0 aromatic heterocycles. The molecule has 19 heteroatoms. The first kappa shape index (κ1) is 65.0. The summed E-state index contributed by atoms with van der Waals surface area (Å²) in [5.74, 6) is -0.294. The lowest BCUT2D eigenvalue weighted by Gasteiger charge is -2.48. The molecule has 3 aliphatic heterocycles. The molecule has 0 bridgehead atoms. The van der Waals surface area contributed by atoms with Gasteiger partial charge in [0.25, 0.3) is 0 Å². The van der Waals surface area contributed by atoms with Crippen molar-refractivity contribution in [2.75, 3.05) is 26.4 Å². The Morgan fingerprint density at radius 3 is 1.44 bits per heavy atom. The van der Waals surface area contributed by atoms with Crippen LogP contribution in [0.5, 0.6) is 0 Å². The first-order valence-electron chi connectivity index (χ1n) is 27.4. The fourth-order valence-corrected chi connectivity index (χ4v) is 9.02. The van der Waals surface area contributed by atoms with Gasteiger partial charge < -0.3 is 89.9 Å². The monoisotopic (exact) mass is 1050 g/mol. The minimum absolute atomic E-state index is 0.231. The molecule has 1 amide bonds. The number of unbranched alkanes of at least 4 members (excludes halogenated alkanes) is 16. The largest absolute Gasteiger partial charge is 0.394 e. The van der Waals surface area contributed by atoms with Gasteiger partial charge in [0, 0.05) is 6.42 Å². The van der Waals surface area contributed by atoms with Crippen LogP contribution in [0.4, 0.5) is 0 Å². The van der Waals surface area contributed by atoms with Gasteiger partial charge in [0.1, 0.15) is 73.2 Å². The van der Waals surface area contributed by atoms with E-state index < -0.39 is 124 Å². The molecule has 17 atom stereocenters. The van der Waals surface area contributed by atoms with Gasteiger partial charge in [-0.1, -0.05) is 140 Å². The smallest absolute Gasteiger partial charge is 0.220 e. The SMILES string of the molecule is CCCCC/C=C/C(O)C(COC1OC(CO)C(OC2OC(CO)C(OC3OC(CO)C(O)C(O)C3O)C(O)C2O)C(O)C1O)NC(=O)CCCCCCCCCC/C=C\C/C=C\C/C=C\CCCCCCC. The third-order valence-electron chi connectivity index (χ3n) is 13.6. The summed E-state index contributed by atoms with van der Waals surface area (Å²) in [6, 6.07) is -0.974. The van der Waals surface area contributed by atoms with Crippen molar-refractivity contribution < 1.29 is 89.4 Å². The van der Waals surface area contributed by atoms with Crippen molar-refractivity contribution in [2.24, 2.45) is 0 Å². The second-order valence-corrected chi connectivity index (χ2v) is 19.7. The number of nitrogens with one attached hydrogen (secondary N) is 1. The number of rotatable bonds is 38. The highest BCUT2D eigenvalue weighted by Gasteiger charge is 2.53. The summed E-state index contributed by atoms with van der Waals surface area (Å²) in [7, 11) is 0.